The minimum Gasteiger partial charge on any atom is -0.335 e. The number of imidazole rings is 1. The van der Waals surface area contributed by atoms with Crippen LogP contribution in [0.2, 0.25) is 0 Å². The van der Waals surface area contributed by atoms with Crippen molar-refractivity contribution in [3.63, 3.8) is 0 Å². The zero-order chi connectivity index (χ0) is 21.5. The second-order valence-electron chi connectivity index (χ2n) is 7.37. The first kappa shape index (κ1) is 18.6. The Morgan fingerprint density at radius 1 is 0.969 bits per heavy atom. The van der Waals surface area contributed by atoms with E-state index in [4.69, 9.17) is 4.98 Å². The van der Waals surface area contributed by atoms with Gasteiger partial charge in [0, 0.05) is 47.6 Å². The average Bonchev–Trinajstić information content (AvgIpc) is 3.59. The van der Waals surface area contributed by atoms with E-state index in [9.17, 15) is 0 Å². The van der Waals surface area contributed by atoms with Crippen molar-refractivity contribution < 1.29 is 0 Å². The molecule has 0 unspecified atom stereocenters. The molecule has 0 saturated carbocycles. The number of pyridine rings is 1. The number of aromatic nitrogens is 7. The van der Waals surface area contributed by atoms with Gasteiger partial charge in [-0.2, -0.15) is 0 Å². The molecule has 154 valence electrons. The Morgan fingerprint density at radius 2 is 1.94 bits per heavy atom. The fraction of sp³-hybridized carbons (Fsp3) is 0.0417. The summed E-state index contributed by atoms with van der Waals surface area (Å²) in [5, 5.41) is 1.11. The highest BCUT2D eigenvalue weighted by Gasteiger charge is 2.18. The number of aryl methyl sites for hydroxylation is 1. The van der Waals surface area contributed by atoms with Crippen molar-refractivity contribution in [1.29, 1.82) is 0 Å². The first-order valence-electron chi connectivity index (χ1n) is 10.1. The number of aromatic amines is 1. The first-order chi connectivity index (χ1) is 15.8. The zero-order valence-electron chi connectivity index (χ0n) is 17.1. The van der Waals surface area contributed by atoms with Gasteiger partial charge in [-0.1, -0.05) is 6.07 Å². The third kappa shape index (κ3) is 3.09. The Balaban J connectivity index is 1.49. The number of hydrogen-bond donors (Lipinski definition) is 1. The van der Waals surface area contributed by atoms with Gasteiger partial charge in [0.05, 0.1) is 28.0 Å². The van der Waals surface area contributed by atoms with Crippen LogP contribution in [0.25, 0.3) is 50.1 Å². The fourth-order valence-electron chi connectivity index (χ4n) is 3.88. The summed E-state index contributed by atoms with van der Waals surface area (Å²) in [7, 11) is 0. The first-order valence-corrected chi connectivity index (χ1v) is 10.9. The number of nitrogens with one attached hydrogen (secondary N) is 1. The Bertz CT molecular complexity index is 1530. The van der Waals surface area contributed by atoms with E-state index in [-0.39, 0.29) is 0 Å². The van der Waals surface area contributed by atoms with E-state index < -0.39 is 0 Å². The molecular formula is C24H17N7S. The predicted octanol–water partition coefficient (Wildman–Crippen LogP) is 5.30. The second-order valence-corrected chi connectivity index (χ2v) is 8.25. The molecule has 1 aromatic carbocycles. The van der Waals surface area contributed by atoms with E-state index in [1.807, 2.05) is 18.5 Å². The van der Waals surface area contributed by atoms with E-state index in [1.54, 1.807) is 35.4 Å². The van der Waals surface area contributed by atoms with Crippen molar-refractivity contribution in [2.24, 2.45) is 0 Å². The van der Waals surface area contributed by atoms with Gasteiger partial charge in [0.2, 0.25) is 0 Å². The predicted molar refractivity (Wildman–Crippen MR) is 126 cm³/mol. The van der Waals surface area contributed by atoms with Gasteiger partial charge in [-0.05, 0) is 42.8 Å². The number of rotatable bonds is 4. The van der Waals surface area contributed by atoms with Gasteiger partial charge in [-0.25, -0.2) is 9.97 Å². The third-order valence-electron chi connectivity index (χ3n) is 5.37. The van der Waals surface area contributed by atoms with Crippen LogP contribution in [0, 0.1) is 6.92 Å². The van der Waals surface area contributed by atoms with E-state index >= 15 is 0 Å². The highest BCUT2D eigenvalue weighted by molar-refractivity contribution is 7.13. The van der Waals surface area contributed by atoms with Gasteiger partial charge in [0.15, 0.2) is 0 Å². The molecule has 0 aliphatic heterocycles. The smallest absolute Gasteiger partial charge is 0.150 e. The highest BCUT2D eigenvalue weighted by atomic mass is 32.1. The van der Waals surface area contributed by atoms with Gasteiger partial charge in [0.25, 0.3) is 0 Å². The van der Waals surface area contributed by atoms with Crippen LogP contribution in [0.3, 0.4) is 0 Å². The van der Waals surface area contributed by atoms with E-state index in [0.29, 0.717) is 0 Å². The topological polar surface area (TPSA) is 85.2 Å². The minimum absolute atomic E-state index is 0.744. The molecule has 0 bridgehead atoms. The summed E-state index contributed by atoms with van der Waals surface area (Å²) >= 11 is 1.54. The minimum atomic E-state index is 0.744. The van der Waals surface area contributed by atoms with Gasteiger partial charge in [-0.3, -0.25) is 15.0 Å². The fourth-order valence-corrected chi connectivity index (χ4v) is 4.44. The average molecular weight is 436 g/mol. The molecule has 6 rings (SSSR count). The van der Waals surface area contributed by atoms with E-state index in [0.717, 1.165) is 55.6 Å². The lowest BCUT2D eigenvalue weighted by molar-refractivity contribution is 1.07. The lowest BCUT2D eigenvalue weighted by Crippen LogP contribution is -1.97. The SMILES string of the molecule is Cc1cc(-c2nc(-c3cncs3)[nH]c2-c2cnccn2)ccc1-n1ccc2cccnc21. The number of fused-ring (bicyclic) bond motifs is 1. The van der Waals surface area contributed by atoms with Crippen molar-refractivity contribution in [2.75, 3.05) is 0 Å². The molecular weight excluding hydrogens is 418 g/mol. The number of thiazole rings is 1. The van der Waals surface area contributed by atoms with Crippen molar-refractivity contribution in [3.8, 4) is 39.0 Å². The van der Waals surface area contributed by atoms with Crippen LogP contribution in [0.1, 0.15) is 5.56 Å². The van der Waals surface area contributed by atoms with Crippen molar-refractivity contribution >= 4 is 22.4 Å². The largest absolute Gasteiger partial charge is 0.335 e. The lowest BCUT2D eigenvalue weighted by atomic mass is 10.0. The monoisotopic (exact) mass is 435 g/mol. The molecule has 0 aliphatic rings. The maximum Gasteiger partial charge on any atom is 0.150 e. The summed E-state index contributed by atoms with van der Waals surface area (Å²) in [6.07, 6.45) is 10.8. The molecule has 0 spiro atoms. The summed E-state index contributed by atoms with van der Waals surface area (Å²) in [6, 6.07) is 12.5. The molecule has 0 aliphatic carbocycles. The molecule has 8 heteroatoms. The zero-order valence-corrected chi connectivity index (χ0v) is 17.9. The van der Waals surface area contributed by atoms with Crippen molar-refractivity contribution in [2.45, 2.75) is 6.92 Å². The Hall–Kier alpha value is -4.17. The number of H-pyrrole nitrogens is 1. The standard InChI is InChI=1S/C24H17N7S/c1-15-11-17(4-5-19(15)31-10-6-16-3-2-7-28-24(16)31)21-22(18-12-25-8-9-27-18)30-23(29-21)20-13-26-14-32-20/h2-14H,1H3,(H,29,30). The molecule has 0 amide bonds. The van der Waals surface area contributed by atoms with Gasteiger partial charge >= 0.3 is 0 Å². The van der Waals surface area contributed by atoms with Gasteiger partial charge in [-0.15, -0.1) is 11.3 Å². The number of hydrogen-bond acceptors (Lipinski definition) is 6. The summed E-state index contributed by atoms with van der Waals surface area (Å²) in [4.78, 5) is 26.8. The third-order valence-corrected chi connectivity index (χ3v) is 6.15. The Kier molecular flexibility index (Phi) is 4.36. The molecule has 5 aromatic heterocycles. The van der Waals surface area contributed by atoms with Crippen LogP contribution in [0.15, 0.2) is 79.1 Å². The molecule has 6 aromatic rings. The quantitative estimate of drug-likeness (QED) is 0.406. The summed E-state index contributed by atoms with van der Waals surface area (Å²) < 4.78 is 2.12. The van der Waals surface area contributed by atoms with Gasteiger partial charge in [0.1, 0.15) is 17.2 Å². The second kappa shape index (κ2) is 7.51. The normalized spacial score (nSPS) is 11.3. The van der Waals surface area contributed by atoms with Crippen LogP contribution < -0.4 is 0 Å². The molecule has 1 N–H and O–H groups in total. The molecule has 0 fully saturated rings. The van der Waals surface area contributed by atoms with Crippen LogP contribution in [-0.2, 0) is 0 Å². The maximum absolute atomic E-state index is 4.91. The Labute approximate surface area is 187 Å². The van der Waals surface area contributed by atoms with Crippen molar-refractivity contribution in [1.82, 2.24) is 34.5 Å². The maximum atomic E-state index is 4.91. The van der Waals surface area contributed by atoms with Crippen LogP contribution in [0.5, 0.6) is 0 Å². The van der Waals surface area contributed by atoms with Crippen LogP contribution in [-0.4, -0.2) is 34.5 Å². The molecule has 0 radical (unpaired) electrons. The summed E-state index contributed by atoms with van der Waals surface area (Å²) in [6.45, 7) is 2.10. The van der Waals surface area contributed by atoms with E-state index in [2.05, 4.69) is 72.9 Å². The number of benzene rings is 1. The Morgan fingerprint density at radius 3 is 2.75 bits per heavy atom. The highest BCUT2D eigenvalue weighted by Crippen LogP contribution is 2.34. The molecule has 0 atom stereocenters. The van der Waals surface area contributed by atoms with Crippen LogP contribution in [0.4, 0.5) is 0 Å². The molecule has 0 saturated heterocycles. The summed E-state index contributed by atoms with van der Waals surface area (Å²) in [5.41, 5.74) is 8.36. The summed E-state index contributed by atoms with van der Waals surface area (Å²) in [5.74, 6) is 0.769. The van der Waals surface area contributed by atoms with Crippen molar-refractivity contribution in [3.05, 3.63) is 84.7 Å². The van der Waals surface area contributed by atoms with Crippen LogP contribution >= 0.6 is 11.3 Å². The molecule has 32 heavy (non-hydrogen) atoms. The number of nitrogens with zero attached hydrogens (tertiary/aromatic N) is 6. The van der Waals surface area contributed by atoms with E-state index in [1.165, 1.54) is 0 Å². The van der Waals surface area contributed by atoms with Gasteiger partial charge < -0.3 is 9.55 Å². The molecule has 7 nitrogen and oxygen atoms in total. The lowest BCUT2D eigenvalue weighted by Gasteiger charge is -2.11. The molecule has 5 heterocycles.